The Morgan fingerprint density at radius 3 is 2.85 bits per heavy atom. The summed E-state index contributed by atoms with van der Waals surface area (Å²) in [5, 5.41) is 8.83. The molecule has 5 heteroatoms. The molecule has 2 rings (SSSR count). The lowest BCUT2D eigenvalue weighted by Crippen LogP contribution is -2.35. The second-order valence-corrected chi connectivity index (χ2v) is 4.90. The third-order valence-electron chi connectivity index (χ3n) is 3.53. The van der Waals surface area contributed by atoms with E-state index in [1.807, 2.05) is 18.2 Å². The van der Waals surface area contributed by atoms with Crippen LogP contribution < -0.4 is 0 Å². The van der Waals surface area contributed by atoms with E-state index in [1.165, 1.54) is 4.90 Å². The van der Waals surface area contributed by atoms with Gasteiger partial charge in [0.1, 0.15) is 6.54 Å². The molecule has 0 aliphatic carbocycles. The fourth-order valence-corrected chi connectivity index (χ4v) is 2.40. The molecule has 1 atom stereocenters. The summed E-state index contributed by atoms with van der Waals surface area (Å²) in [6, 6.07) is 7.41. The van der Waals surface area contributed by atoms with E-state index in [0.29, 0.717) is 24.6 Å². The maximum Gasteiger partial charge on any atom is 0.323 e. The van der Waals surface area contributed by atoms with Gasteiger partial charge in [0.15, 0.2) is 0 Å². The van der Waals surface area contributed by atoms with E-state index in [-0.39, 0.29) is 12.5 Å². The Balaban J connectivity index is 2.16. The van der Waals surface area contributed by atoms with E-state index in [0.717, 1.165) is 18.6 Å². The van der Waals surface area contributed by atoms with Crippen molar-refractivity contribution in [3.8, 4) is 0 Å². The maximum atomic E-state index is 12.3. The number of carbonyl (C=O) groups is 2. The molecule has 1 aromatic carbocycles. The SMILES string of the molecule is CCN(CC(=O)O)C(=O)c1cccc(C2CCOC2)c1. The highest BCUT2D eigenvalue weighted by Crippen LogP contribution is 2.25. The number of aliphatic carboxylic acids is 1. The van der Waals surface area contributed by atoms with Gasteiger partial charge in [-0.05, 0) is 31.0 Å². The van der Waals surface area contributed by atoms with Crippen LogP contribution in [0.4, 0.5) is 0 Å². The second-order valence-electron chi connectivity index (χ2n) is 4.90. The van der Waals surface area contributed by atoms with Crippen molar-refractivity contribution in [3.05, 3.63) is 35.4 Å². The minimum absolute atomic E-state index is 0.240. The van der Waals surface area contributed by atoms with Crippen molar-refractivity contribution in [1.82, 2.24) is 4.90 Å². The molecule has 1 heterocycles. The standard InChI is InChI=1S/C15H19NO4/c1-2-16(9-14(17)18)15(19)12-5-3-4-11(8-12)13-6-7-20-10-13/h3-5,8,13H,2,6-7,9-10H2,1H3,(H,17,18). The largest absolute Gasteiger partial charge is 0.480 e. The van der Waals surface area contributed by atoms with Crippen LogP contribution in [0.5, 0.6) is 0 Å². The second kappa shape index (κ2) is 6.52. The molecule has 1 aliphatic heterocycles. The molecule has 1 aromatic rings. The lowest BCUT2D eigenvalue weighted by atomic mass is 9.96. The van der Waals surface area contributed by atoms with Crippen LogP contribution in [0.3, 0.4) is 0 Å². The molecule has 20 heavy (non-hydrogen) atoms. The van der Waals surface area contributed by atoms with Crippen LogP contribution in [0.15, 0.2) is 24.3 Å². The molecular formula is C15H19NO4. The average Bonchev–Trinajstić information content (AvgIpc) is 2.98. The molecule has 1 unspecified atom stereocenters. The zero-order chi connectivity index (χ0) is 14.5. The first kappa shape index (κ1) is 14.5. The third kappa shape index (κ3) is 3.36. The van der Waals surface area contributed by atoms with E-state index >= 15 is 0 Å². The minimum atomic E-state index is -0.999. The van der Waals surface area contributed by atoms with Crippen molar-refractivity contribution in [3.63, 3.8) is 0 Å². The summed E-state index contributed by atoms with van der Waals surface area (Å²) in [5.74, 6) is -0.909. The van der Waals surface area contributed by atoms with Gasteiger partial charge in [0.25, 0.3) is 5.91 Å². The molecule has 108 valence electrons. The Kier molecular flexibility index (Phi) is 4.74. The normalized spacial score (nSPS) is 17.9. The third-order valence-corrected chi connectivity index (χ3v) is 3.53. The molecule has 5 nitrogen and oxygen atoms in total. The number of benzene rings is 1. The predicted molar refractivity (Wildman–Crippen MR) is 73.8 cm³/mol. The van der Waals surface area contributed by atoms with E-state index < -0.39 is 5.97 Å². The zero-order valence-corrected chi connectivity index (χ0v) is 11.5. The summed E-state index contributed by atoms with van der Waals surface area (Å²) in [6.07, 6.45) is 0.963. The number of carboxylic acids is 1. The van der Waals surface area contributed by atoms with Crippen LogP contribution >= 0.6 is 0 Å². The number of carbonyl (C=O) groups excluding carboxylic acids is 1. The van der Waals surface area contributed by atoms with Gasteiger partial charge in [0.05, 0.1) is 6.61 Å². The number of likely N-dealkylation sites (N-methyl/N-ethyl adjacent to an activating group) is 1. The number of nitrogens with zero attached hydrogens (tertiary/aromatic N) is 1. The van der Waals surface area contributed by atoms with Crippen molar-refractivity contribution < 1.29 is 19.4 Å². The summed E-state index contributed by atoms with van der Waals surface area (Å²) in [6.45, 7) is 3.32. The molecule has 0 aromatic heterocycles. The van der Waals surface area contributed by atoms with Gasteiger partial charge in [0.2, 0.25) is 0 Å². The Bertz CT molecular complexity index is 494. The number of rotatable bonds is 5. The summed E-state index contributed by atoms with van der Waals surface area (Å²) in [5.41, 5.74) is 1.62. The van der Waals surface area contributed by atoms with E-state index in [1.54, 1.807) is 13.0 Å². The van der Waals surface area contributed by atoms with Gasteiger partial charge in [-0.3, -0.25) is 9.59 Å². The first-order valence-electron chi connectivity index (χ1n) is 6.80. The molecule has 1 aliphatic rings. The van der Waals surface area contributed by atoms with Gasteiger partial charge in [-0.2, -0.15) is 0 Å². The Morgan fingerprint density at radius 2 is 2.25 bits per heavy atom. The topological polar surface area (TPSA) is 66.8 Å². The quantitative estimate of drug-likeness (QED) is 0.890. The number of carboxylic acid groups (broad SMARTS) is 1. The molecule has 0 radical (unpaired) electrons. The minimum Gasteiger partial charge on any atom is -0.480 e. The lowest BCUT2D eigenvalue weighted by Gasteiger charge is -2.19. The molecule has 1 fully saturated rings. The monoisotopic (exact) mass is 277 g/mol. The van der Waals surface area contributed by atoms with Crippen molar-refractivity contribution in [2.75, 3.05) is 26.3 Å². The molecule has 1 N–H and O–H groups in total. The number of amides is 1. The van der Waals surface area contributed by atoms with Crippen molar-refractivity contribution in [2.45, 2.75) is 19.3 Å². The number of hydrogen-bond donors (Lipinski definition) is 1. The van der Waals surface area contributed by atoms with Gasteiger partial charge in [-0.25, -0.2) is 0 Å². The molecule has 0 saturated carbocycles. The highest BCUT2D eigenvalue weighted by Gasteiger charge is 2.21. The van der Waals surface area contributed by atoms with E-state index in [9.17, 15) is 9.59 Å². The van der Waals surface area contributed by atoms with Crippen LogP contribution in [0, 0.1) is 0 Å². The highest BCUT2D eigenvalue weighted by molar-refractivity contribution is 5.96. The summed E-state index contributed by atoms with van der Waals surface area (Å²) < 4.78 is 5.36. The number of ether oxygens (including phenoxy) is 1. The maximum absolute atomic E-state index is 12.3. The average molecular weight is 277 g/mol. The predicted octanol–water partition coefficient (Wildman–Crippen LogP) is 1.74. The molecule has 1 amide bonds. The fraction of sp³-hybridized carbons (Fsp3) is 0.467. The van der Waals surface area contributed by atoms with Gasteiger partial charge in [-0.1, -0.05) is 12.1 Å². The molecule has 1 saturated heterocycles. The van der Waals surface area contributed by atoms with Crippen LogP contribution in [0.25, 0.3) is 0 Å². The van der Waals surface area contributed by atoms with Crippen LogP contribution in [-0.2, 0) is 9.53 Å². The molecule has 0 spiro atoms. The van der Waals surface area contributed by atoms with Crippen molar-refractivity contribution in [1.29, 1.82) is 0 Å². The zero-order valence-electron chi connectivity index (χ0n) is 11.5. The highest BCUT2D eigenvalue weighted by atomic mass is 16.5. The molecular weight excluding hydrogens is 258 g/mol. The lowest BCUT2D eigenvalue weighted by molar-refractivity contribution is -0.137. The van der Waals surface area contributed by atoms with E-state index in [2.05, 4.69) is 0 Å². The van der Waals surface area contributed by atoms with Crippen LogP contribution in [0.1, 0.15) is 35.2 Å². The van der Waals surface area contributed by atoms with Gasteiger partial charge in [0, 0.05) is 24.6 Å². The Morgan fingerprint density at radius 1 is 1.45 bits per heavy atom. The Hall–Kier alpha value is -1.88. The summed E-state index contributed by atoms with van der Waals surface area (Å²) in [7, 11) is 0. The van der Waals surface area contributed by atoms with Crippen molar-refractivity contribution >= 4 is 11.9 Å². The smallest absolute Gasteiger partial charge is 0.323 e. The van der Waals surface area contributed by atoms with Gasteiger partial charge < -0.3 is 14.7 Å². The van der Waals surface area contributed by atoms with E-state index in [4.69, 9.17) is 9.84 Å². The summed E-state index contributed by atoms with van der Waals surface area (Å²) >= 11 is 0. The Labute approximate surface area is 118 Å². The first-order chi connectivity index (χ1) is 9.61. The fourth-order valence-electron chi connectivity index (χ4n) is 2.40. The summed E-state index contributed by atoms with van der Waals surface area (Å²) in [4.78, 5) is 24.4. The first-order valence-corrected chi connectivity index (χ1v) is 6.80. The van der Waals surface area contributed by atoms with Crippen molar-refractivity contribution in [2.24, 2.45) is 0 Å². The van der Waals surface area contributed by atoms with Gasteiger partial charge >= 0.3 is 5.97 Å². The van der Waals surface area contributed by atoms with Crippen LogP contribution in [-0.4, -0.2) is 48.2 Å². The molecule has 0 bridgehead atoms. The van der Waals surface area contributed by atoms with Gasteiger partial charge in [-0.15, -0.1) is 0 Å². The van der Waals surface area contributed by atoms with Crippen LogP contribution in [0.2, 0.25) is 0 Å². The number of hydrogen-bond acceptors (Lipinski definition) is 3.